The molecule has 19 heavy (non-hydrogen) atoms. The first kappa shape index (κ1) is 13.1. The van der Waals surface area contributed by atoms with Gasteiger partial charge in [-0.15, -0.1) is 0 Å². The molecule has 2 rings (SSSR count). The maximum absolute atomic E-state index is 11.7. The molecule has 5 nitrogen and oxygen atoms in total. The zero-order valence-corrected chi connectivity index (χ0v) is 11.4. The lowest BCUT2D eigenvalue weighted by atomic mass is 10.2. The number of hydrogen-bond donors (Lipinski definition) is 0. The number of benzene rings is 1. The fourth-order valence-corrected chi connectivity index (χ4v) is 1.67. The molecule has 0 aliphatic carbocycles. The molecule has 0 atom stereocenters. The average molecular weight is 260 g/mol. The first-order chi connectivity index (χ1) is 9.02. The van der Waals surface area contributed by atoms with Crippen molar-refractivity contribution in [2.45, 2.75) is 6.92 Å². The number of anilines is 1. The van der Waals surface area contributed by atoms with Crippen LogP contribution in [0.3, 0.4) is 0 Å². The molecule has 100 valence electrons. The van der Waals surface area contributed by atoms with Crippen molar-refractivity contribution in [2.24, 2.45) is 0 Å². The van der Waals surface area contributed by atoms with Crippen molar-refractivity contribution in [3.8, 4) is 17.3 Å². The summed E-state index contributed by atoms with van der Waals surface area (Å²) in [6.07, 6.45) is 0. The van der Waals surface area contributed by atoms with Gasteiger partial charge < -0.3 is 14.1 Å². The largest absolute Gasteiger partial charge is 0.481 e. The second-order valence-electron chi connectivity index (χ2n) is 4.38. The number of rotatable bonds is 3. The van der Waals surface area contributed by atoms with E-state index in [0.717, 1.165) is 11.3 Å². The van der Waals surface area contributed by atoms with Crippen LogP contribution in [0.25, 0.3) is 11.5 Å². The summed E-state index contributed by atoms with van der Waals surface area (Å²) in [5.41, 5.74) is 1.74. The van der Waals surface area contributed by atoms with Crippen LogP contribution in [-0.4, -0.2) is 26.2 Å². The van der Waals surface area contributed by atoms with Crippen LogP contribution in [0.2, 0.25) is 0 Å². The predicted octanol–water partition coefficient (Wildman–Crippen LogP) is 2.08. The van der Waals surface area contributed by atoms with Crippen molar-refractivity contribution in [2.75, 3.05) is 26.1 Å². The number of aromatic nitrogens is 1. The summed E-state index contributed by atoms with van der Waals surface area (Å²) in [6, 6.07) is 7.58. The summed E-state index contributed by atoms with van der Waals surface area (Å²) in [4.78, 5) is 17.9. The zero-order valence-electron chi connectivity index (χ0n) is 11.4. The highest BCUT2D eigenvalue weighted by molar-refractivity contribution is 5.59. The van der Waals surface area contributed by atoms with Crippen LogP contribution in [0.5, 0.6) is 5.88 Å². The Morgan fingerprint density at radius 1 is 1.21 bits per heavy atom. The van der Waals surface area contributed by atoms with Crippen molar-refractivity contribution in [3.05, 3.63) is 40.2 Å². The molecule has 0 saturated carbocycles. The average Bonchev–Trinajstić information content (AvgIpc) is 2.41. The molecule has 1 aromatic heterocycles. The van der Waals surface area contributed by atoms with Crippen molar-refractivity contribution < 1.29 is 9.15 Å². The number of hydrogen-bond acceptors (Lipinski definition) is 5. The summed E-state index contributed by atoms with van der Waals surface area (Å²) in [5.74, 6) is 0.556. The molecule has 2 aromatic rings. The van der Waals surface area contributed by atoms with E-state index in [0.29, 0.717) is 11.4 Å². The molecule has 0 unspecified atom stereocenters. The van der Waals surface area contributed by atoms with E-state index in [1.54, 1.807) is 6.92 Å². The monoisotopic (exact) mass is 260 g/mol. The predicted molar refractivity (Wildman–Crippen MR) is 73.8 cm³/mol. The highest BCUT2D eigenvalue weighted by atomic mass is 16.5. The second kappa shape index (κ2) is 5.14. The highest BCUT2D eigenvalue weighted by Gasteiger charge is 2.11. The maximum Gasteiger partial charge on any atom is 0.345 e. The SMILES string of the molecule is COc1nc(-c2ccc(N(C)C)cc2)oc(=O)c1C. The molecule has 0 amide bonds. The number of methoxy groups -OCH3 is 1. The van der Waals surface area contributed by atoms with E-state index >= 15 is 0 Å². The van der Waals surface area contributed by atoms with Crippen LogP contribution in [0.1, 0.15) is 5.56 Å². The minimum Gasteiger partial charge on any atom is -0.481 e. The molecule has 0 aliphatic heterocycles. The van der Waals surface area contributed by atoms with Crippen LogP contribution in [0.15, 0.2) is 33.5 Å². The Balaban J connectivity index is 2.47. The van der Waals surface area contributed by atoms with Crippen LogP contribution < -0.4 is 15.3 Å². The first-order valence-corrected chi connectivity index (χ1v) is 5.86. The van der Waals surface area contributed by atoms with E-state index in [4.69, 9.17) is 9.15 Å². The van der Waals surface area contributed by atoms with E-state index in [-0.39, 0.29) is 5.89 Å². The van der Waals surface area contributed by atoms with Gasteiger partial charge in [0.1, 0.15) is 0 Å². The quantitative estimate of drug-likeness (QED) is 0.845. The van der Waals surface area contributed by atoms with Crippen LogP contribution in [0.4, 0.5) is 5.69 Å². The lowest BCUT2D eigenvalue weighted by Crippen LogP contribution is -2.09. The molecule has 0 fully saturated rings. The van der Waals surface area contributed by atoms with Crippen molar-refractivity contribution >= 4 is 5.69 Å². The molecular formula is C14H16N2O3. The van der Waals surface area contributed by atoms with Crippen molar-refractivity contribution in [3.63, 3.8) is 0 Å². The molecule has 1 aromatic carbocycles. The Labute approximate surface area is 111 Å². The first-order valence-electron chi connectivity index (χ1n) is 5.86. The molecule has 1 heterocycles. The van der Waals surface area contributed by atoms with Crippen molar-refractivity contribution in [1.82, 2.24) is 4.98 Å². The van der Waals surface area contributed by atoms with Gasteiger partial charge in [0.05, 0.1) is 12.7 Å². The fraction of sp³-hybridized carbons (Fsp3) is 0.286. The summed E-state index contributed by atoms with van der Waals surface area (Å²) in [6.45, 7) is 1.62. The van der Waals surface area contributed by atoms with E-state index in [1.165, 1.54) is 7.11 Å². The fourth-order valence-electron chi connectivity index (χ4n) is 1.67. The Kier molecular flexibility index (Phi) is 3.55. The van der Waals surface area contributed by atoms with Gasteiger partial charge in [-0.05, 0) is 31.2 Å². The highest BCUT2D eigenvalue weighted by Crippen LogP contribution is 2.22. The third-order valence-corrected chi connectivity index (χ3v) is 2.84. The van der Waals surface area contributed by atoms with Gasteiger partial charge in [-0.25, -0.2) is 4.79 Å². The van der Waals surface area contributed by atoms with Crippen LogP contribution >= 0.6 is 0 Å². The maximum atomic E-state index is 11.7. The zero-order chi connectivity index (χ0) is 14.0. The van der Waals surface area contributed by atoms with Gasteiger partial charge in [0.2, 0.25) is 11.8 Å². The van der Waals surface area contributed by atoms with Gasteiger partial charge in [-0.2, -0.15) is 4.98 Å². The molecule has 0 radical (unpaired) electrons. The summed E-state index contributed by atoms with van der Waals surface area (Å²) >= 11 is 0. The minimum atomic E-state index is -0.432. The van der Waals surface area contributed by atoms with Crippen LogP contribution in [-0.2, 0) is 0 Å². The minimum absolute atomic E-state index is 0.262. The van der Waals surface area contributed by atoms with Gasteiger partial charge in [-0.1, -0.05) is 0 Å². The van der Waals surface area contributed by atoms with Gasteiger partial charge >= 0.3 is 5.63 Å². The van der Waals surface area contributed by atoms with Gasteiger partial charge in [0, 0.05) is 25.3 Å². The smallest absolute Gasteiger partial charge is 0.345 e. The van der Waals surface area contributed by atoms with Crippen LogP contribution in [0, 0.1) is 6.92 Å². The third-order valence-electron chi connectivity index (χ3n) is 2.84. The molecular weight excluding hydrogens is 244 g/mol. The van der Waals surface area contributed by atoms with Crippen molar-refractivity contribution in [1.29, 1.82) is 0 Å². The second-order valence-corrected chi connectivity index (χ2v) is 4.38. The summed E-state index contributed by atoms with van der Waals surface area (Å²) in [7, 11) is 5.40. The number of nitrogens with zero attached hydrogens (tertiary/aromatic N) is 2. The molecule has 0 spiro atoms. The molecule has 0 bridgehead atoms. The molecule has 0 aliphatic rings. The van der Waals surface area contributed by atoms with E-state index in [2.05, 4.69) is 4.98 Å². The van der Waals surface area contributed by atoms with E-state index in [9.17, 15) is 4.79 Å². The molecule has 5 heteroatoms. The standard InChI is InChI=1S/C14H16N2O3/c1-9-12(18-4)15-13(19-14(9)17)10-5-7-11(8-6-10)16(2)3/h5-8H,1-4H3. The summed E-state index contributed by atoms with van der Waals surface area (Å²) in [5, 5.41) is 0. The van der Waals surface area contributed by atoms with Gasteiger partial charge in [0.25, 0.3) is 0 Å². The Morgan fingerprint density at radius 3 is 2.37 bits per heavy atom. The summed E-state index contributed by atoms with van der Waals surface area (Å²) < 4.78 is 10.2. The van der Waals surface area contributed by atoms with E-state index < -0.39 is 5.63 Å². The lowest BCUT2D eigenvalue weighted by Gasteiger charge is -2.12. The van der Waals surface area contributed by atoms with Gasteiger partial charge in [0.15, 0.2) is 0 Å². The lowest BCUT2D eigenvalue weighted by molar-refractivity contribution is 0.375. The Hall–Kier alpha value is -2.30. The molecule has 0 N–H and O–H groups in total. The Bertz CT molecular complexity index is 630. The normalized spacial score (nSPS) is 10.3. The van der Waals surface area contributed by atoms with E-state index in [1.807, 2.05) is 43.3 Å². The number of ether oxygens (including phenoxy) is 1. The molecule has 0 saturated heterocycles. The topological polar surface area (TPSA) is 55.6 Å². The third kappa shape index (κ3) is 2.59. The van der Waals surface area contributed by atoms with Gasteiger partial charge in [-0.3, -0.25) is 0 Å². The Morgan fingerprint density at radius 2 is 1.84 bits per heavy atom.